The molecule has 0 aliphatic rings. The lowest BCUT2D eigenvalue weighted by molar-refractivity contribution is -0.113. The van der Waals surface area contributed by atoms with Gasteiger partial charge in [0, 0.05) is 10.6 Å². The predicted octanol–water partition coefficient (Wildman–Crippen LogP) is 4.73. The van der Waals surface area contributed by atoms with Crippen LogP contribution in [-0.4, -0.2) is 18.8 Å². The number of hydrogen-bond donors (Lipinski definition) is 1. The van der Waals surface area contributed by atoms with E-state index in [0.717, 1.165) is 10.6 Å². The molecule has 2 aromatic rings. The molecule has 0 fully saturated rings. The zero-order valence-electron chi connectivity index (χ0n) is 11.2. The highest BCUT2D eigenvalue weighted by atomic mass is 35.5. The van der Waals surface area contributed by atoms with Crippen molar-refractivity contribution in [1.82, 2.24) is 0 Å². The van der Waals surface area contributed by atoms with E-state index >= 15 is 0 Å². The van der Waals surface area contributed by atoms with E-state index < -0.39 is 0 Å². The molecule has 1 amide bonds. The van der Waals surface area contributed by atoms with Gasteiger partial charge in [-0.15, -0.1) is 11.8 Å². The Labute approximate surface area is 137 Å². The van der Waals surface area contributed by atoms with Crippen LogP contribution in [0.1, 0.15) is 0 Å². The second-order valence-corrected chi connectivity index (χ2v) is 6.00. The second kappa shape index (κ2) is 7.59. The first-order valence-corrected chi connectivity index (χ1v) is 7.84. The minimum Gasteiger partial charge on any atom is -0.497 e. The first kappa shape index (κ1) is 16.0. The number of amides is 1. The van der Waals surface area contributed by atoms with Crippen LogP contribution in [0.4, 0.5) is 5.69 Å². The molecule has 0 aromatic heterocycles. The summed E-state index contributed by atoms with van der Waals surface area (Å²) in [6.07, 6.45) is 0. The molecule has 0 aliphatic heterocycles. The molecule has 0 saturated carbocycles. The molecule has 0 unspecified atom stereocenters. The van der Waals surface area contributed by atoms with E-state index in [2.05, 4.69) is 5.32 Å². The van der Waals surface area contributed by atoms with Crippen molar-refractivity contribution in [1.29, 1.82) is 0 Å². The van der Waals surface area contributed by atoms with Crippen LogP contribution < -0.4 is 10.1 Å². The van der Waals surface area contributed by atoms with Gasteiger partial charge in [0.05, 0.1) is 22.9 Å². The van der Waals surface area contributed by atoms with Crippen LogP contribution in [0.3, 0.4) is 0 Å². The van der Waals surface area contributed by atoms with Crippen LogP contribution in [0.5, 0.6) is 5.75 Å². The summed E-state index contributed by atoms with van der Waals surface area (Å²) in [5, 5.41) is 3.65. The fourth-order valence-electron chi connectivity index (χ4n) is 1.59. The van der Waals surface area contributed by atoms with Gasteiger partial charge < -0.3 is 10.1 Å². The number of rotatable bonds is 5. The maximum absolute atomic E-state index is 11.9. The topological polar surface area (TPSA) is 38.3 Å². The van der Waals surface area contributed by atoms with Crippen LogP contribution in [0.15, 0.2) is 47.4 Å². The Kier molecular flexibility index (Phi) is 5.79. The number of thioether (sulfide) groups is 1. The van der Waals surface area contributed by atoms with E-state index in [0.29, 0.717) is 21.5 Å². The Morgan fingerprint density at radius 2 is 1.86 bits per heavy atom. The molecule has 0 radical (unpaired) electrons. The van der Waals surface area contributed by atoms with Gasteiger partial charge in [-0.2, -0.15) is 0 Å². The Morgan fingerprint density at radius 3 is 2.48 bits per heavy atom. The van der Waals surface area contributed by atoms with Crippen molar-refractivity contribution in [2.45, 2.75) is 4.90 Å². The molecule has 1 N–H and O–H groups in total. The van der Waals surface area contributed by atoms with E-state index in [-0.39, 0.29) is 5.91 Å². The van der Waals surface area contributed by atoms with Gasteiger partial charge in [-0.25, -0.2) is 0 Å². The molecule has 2 aromatic carbocycles. The van der Waals surface area contributed by atoms with Crippen molar-refractivity contribution in [3.05, 3.63) is 52.5 Å². The number of halogens is 2. The maximum Gasteiger partial charge on any atom is 0.234 e. The normalized spacial score (nSPS) is 10.2. The Bertz CT molecular complexity index is 632. The molecule has 0 spiro atoms. The van der Waals surface area contributed by atoms with E-state index in [1.807, 2.05) is 24.3 Å². The fourth-order valence-corrected chi connectivity index (χ4v) is 2.59. The number of hydrogen-bond acceptors (Lipinski definition) is 3. The summed E-state index contributed by atoms with van der Waals surface area (Å²) in [5.74, 6) is 1.00. The molecule has 0 saturated heterocycles. The quantitative estimate of drug-likeness (QED) is 0.798. The van der Waals surface area contributed by atoms with Crippen molar-refractivity contribution < 1.29 is 9.53 Å². The lowest BCUT2D eigenvalue weighted by Gasteiger charge is -2.07. The first-order valence-electron chi connectivity index (χ1n) is 6.10. The predicted molar refractivity (Wildman–Crippen MR) is 88.8 cm³/mol. The number of anilines is 1. The third kappa shape index (κ3) is 4.84. The minimum absolute atomic E-state index is 0.103. The van der Waals surface area contributed by atoms with Gasteiger partial charge in [-0.1, -0.05) is 23.2 Å². The van der Waals surface area contributed by atoms with Crippen LogP contribution in [0, 0.1) is 0 Å². The van der Waals surface area contributed by atoms with E-state index in [4.69, 9.17) is 27.9 Å². The summed E-state index contributed by atoms with van der Waals surface area (Å²) in [6, 6.07) is 12.5. The smallest absolute Gasteiger partial charge is 0.234 e. The zero-order chi connectivity index (χ0) is 15.2. The standard InChI is InChI=1S/C15H13Cl2NO2S/c1-20-11-3-5-12(6-4-11)21-9-15(19)18-10-2-7-13(16)14(17)8-10/h2-8H,9H2,1H3,(H,18,19). The van der Waals surface area contributed by atoms with Crippen molar-refractivity contribution in [3.8, 4) is 5.75 Å². The van der Waals surface area contributed by atoms with Gasteiger partial charge in [-0.05, 0) is 42.5 Å². The highest BCUT2D eigenvalue weighted by Gasteiger charge is 2.06. The van der Waals surface area contributed by atoms with Gasteiger partial charge in [-0.3, -0.25) is 4.79 Å². The number of carbonyl (C=O) groups excluding carboxylic acids is 1. The Hall–Kier alpha value is -1.36. The number of carbonyl (C=O) groups is 1. The summed E-state index contributed by atoms with van der Waals surface area (Å²) >= 11 is 13.2. The monoisotopic (exact) mass is 341 g/mol. The van der Waals surface area contributed by atoms with Gasteiger partial charge in [0.2, 0.25) is 5.91 Å². The van der Waals surface area contributed by atoms with E-state index in [9.17, 15) is 4.79 Å². The molecule has 6 heteroatoms. The molecule has 110 valence electrons. The SMILES string of the molecule is COc1ccc(SCC(=O)Nc2ccc(Cl)c(Cl)c2)cc1. The van der Waals surface area contributed by atoms with Crippen LogP contribution in [-0.2, 0) is 4.79 Å². The van der Waals surface area contributed by atoms with E-state index in [1.54, 1.807) is 25.3 Å². The lowest BCUT2D eigenvalue weighted by atomic mass is 10.3. The van der Waals surface area contributed by atoms with Crippen molar-refractivity contribution >= 4 is 46.6 Å². The van der Waals surface area contributed by atoms with Crippen molar-refractivity contribution in [2.75, 3.05) is 18.2 Å². The molecular weight excluding hydrogens is 329 g/mol. The Morgan fingerprint density at radius 1 is 1.14 bits per heavy atom. The maximum atomic E-state index is 11.9. The third-order valence-electron chi connectivity index (χ3n) is 2.63. The molecule has 0 heterocycles. The van der Waals surface area contributed by atoms with Gasteiger partial charge in [0.15, 0.2) is 0 Å². The van der Waals surface area contributed by atoms with Crippen molar-refractivity contribution in [2.24, 2.45) is 0 Å². The first-order chi connectivity index (χ1) is 10.1. The summed E-state index contributed by atoms with van der Waals surface area (Å²) in [5.41, 5.74) is 0.629. The van der Waals surface area contributed by atoms with Gasteiger partial charge in [0.25, 0.3) is 0 Å². The number of nitrogens with one attached hydrogen (secondary N) is 1. The summed E-state index contributed by atoms with van der Waals surface area (Å²) in [4.78, 5) is 12.9. The molecular formula is C15H13Cl2NO2S. The lowest BCUT2D eigenvalue weighted by Crippen LogP contribution is -2.13. The van der Waals surface area contributed by atoms with E-state index in [1.165, 1.54) is 11.8 Å². The molecule has 21 heavy (non-hydrogen) atoms. The number of benzene rings is 2. The molecule has 0 bridgehead atoms. The van der Waals surface area contributed by atoms with Gasteiger partial charge >= 0.3 is 0 Å². The van der Waals surface area contributed by atoms with Gasteiger partial charge in [0.1, 0.15) is 5.75 Å². The molecule has 2 rings (SSSR count). The number of ether oxygens (including phenoxy) is 1. The average Bonchev–Trinajstić information content (AvgIpc) is 2.49. The van der Waals surface area contributed by atoms with Crippen LogP contribution in [0.2, 0.25) is 10.0 Å². The molecule has 0 atom stereocenters. The van der Waals surface area contributed by atoms with Crippen LogP contribution >= 0.6 is 35.0 Å². The molecule has 0 aliphatic carbocycles. The largest absolute Gasteiger partial charge is 0.497 e. The summed E-state index contributed by atoms with van der Waals surface area (Å²) < 4.78 is 5.08. The highest BCUT2D eigenvalue weighted by Crippen LogP contribution is 2.25. The summed E-state index contributed by atoms with van der Waals surface area (Å²) in [6.45, 7) is 0. The fraction of sp³-hybridized carbons (Fsp3) is 0.133. The number of methoxy groups -OCH3 is 1. The molecule has 3 nitrogen and oxygen atoms in total. The van der Waals surface area contributed by atoms with Crippen LogP contribution in [0.25, 0.3) is 0 Å². The third-order valence-corrected chi connectivity index (χ3v) is 4.38. The minimum atomic E-state index is -0.103. The second-order valence-electron chi connectivity index (χ2n) is 4.14. The highest BCUT2D eigenvalue weighted by molar-refractivity contribution is 8.00. The zero-order valence-corrected chi connectivity index (χ0v) is 13.6. The summed E-state index contributed by atoms with van der Waals surface area (Å²) in [7, 11) is 1.62. The average molecular weight is 342 g/mol. The van der Waals surface area contributed by atoms with Crippen molar-refractivity contribution in [3.63, 3.8) is 0 Å². The Balaban J connectivity index is 1.87.